The van der Waals surface area contributed by atoms with E-state index in [0.717, 1.165) is 5.56 Å². The summed E-state index contributed by atoms with van der Waals surface area (Å²) < 4.78 is 38.4. The van der Waals surface area contributed by atoms with E-state index in [9.17, 15) is 18.3 Å². The second-order valence-corrected chi connectivity index (χ2v) is 9.32. The molecule has 1 atom stereocenters. The van der Waals surface area contributed by atoms with Crippen molar-refractivity contribution in [1.29, 1.82) is 0 Å². The Kier molecular flexibility index (Phi) is 7.85. The molecule has 0 saturated heterocycles. The SMILES string of the molecule is C#CCOC(c1ccc(C)c(CNS(=O)(=O)c2ccccc2O)c1)C(C)(C)C(=O)OC. The molecular weight excluding hydrogens is 418 g/mol. The first-order valence-electron chi connectivity index (χ1n) is 9.55. The molecule has 166 valence electrons. The minimum atomic E-state index is -3.93. The van der Waals surface area contributed by atoms with Crippen molar-refractivity contribution in [2.75, 3.05) is 13.7 Å². The summed E-state index contributed by atoms with van der Waals surface area (Å²) in [5, 5.41) is 9.87. The molecule has 31 heavy (non-hydrogen) atoms. The molecule has 0 aliphatic heterocycles. The fourth-order valence-corrected chi connectivity index (χ4v) is 4.30. The third-order valence-corrected chi connectivity index (χ3v) is 6.43. The Hall–Kier alpha value is -2.86. The number of hydrogen-bond donors (Lipinski definition) is 2. The monoisotopic (exact) mass is 445 g/mol. The summed E-state index contributed by atoms with van der Waals surface area (Å²) in [6, 6.07) is 11.1. The standard InChI is InChI=1S/C23H27NO6S/c1-6-13-30-21(23(3,4)22(26)29-5)17-12-11-16(2)18(14-17)15-24-31(27,28)20-10-8-7-9-19(20)25/h1,7-12,14,21,24-25H,13,15H2,2-5H3. The number of methoxy groups -OCH3 is 1. The molecule has 1 unspecified atom stereocenters. The number of phenolic OH excluding ortho intramolecular Hbond substituents is 1. The zero-order valence-electron chi connectivity index (χ0n) is 18.0. The highest BCUT2D eigenvalue weighted by molar-refractivity contribution is 7.89. The van der Waals surface area contributed by atoms with Gasteiger partial charge in [0.05, 0.1) is 18.6 Å². The fourth-order valence-electron chi connectivity index (χ4n) is 3.20. The van der Waals surface area contributed by atoms with Gasteiger partial charge >= 0.3 is 5.97 Å². The van der Waals surface area contributed by atoms with Gasteiger partial charge in [0, 0.05) is 6.54 Å². The first-order valence-corrected chi connectivity index (χ1v) is 11.0. The maximum absolute atomic E-state index is 12.6. The van der Waals surface area contributed by atoms with Gasteiger partial charge in [-0.1, -0.05) is 36.3 Å². The quantitative estimate of drug-likeness (QED) is 0.454. The molecule has 0 fully saturated rings. The number of hydrogen-bond acceptors (Lipinski definition) is 6. The highest BCUT2D eigenvalue weighted by Gasteiger charge is 2.40. The highest BCUT2D eigenvalue weighted by Crippen LogP contribution is 2.38. The van der Waals surface area contributed by atoms with Crippen molar-refractivity contribution in [1.82, 2.24) is 4.72 Å². The largest absolute Gasteiger partial charge is 0.507 e. The van der Waals surface area contributed by atoms with E-state index in [2.05, 4.69) is 10.6 Å². The van der Waals surface area contributed by atoms with Crippen LogP contribution in [-0.2, 0) is 30.8 Å². The lowest BCUT2D eigenvalue weighted by Crippen LogP contribution is -2.34. The van der Waals surface area contributed by atoms with Crippen molar-refractivity contribution in [2.45, 2.75) is 38.3 Å². The van der Waals surface area contributed by atoms with Gasteiger partial charge in [0.15, 0.2) is 0 Å². The number of aryl methyl sites for hydroxylation is 1. The van der Waals surface area contributed by atoms with Crippen LogP contribution in [0.2, 0.25) is 0 Å². The van der Waals surface area contributed by atoms with Gasteiger partial charge in [-0.25, -0.2) is 13.1 Å². The molecular formula is C23H27NO6S. The number of rotatable bonds is 9. The van der Waals surface area contributed by atoms with Crippen LogP contribution in [0, 0.1) is 24.7 Å². The van der Waals surface area contributed by atoms with Crippen LogP contribution >= 0.6 is 0 Å². The van der Waals surface area contributed by atoms with Gasteiger partial charge in [0.2, 0.25) is 10.0 Å². The molecule has 0 bridgehead atoms. The lowest BCUT2D eigenvalue weighted by atomic mass is 9.81. The Bertz CT molecular complexity index is 1090. The molecule has 8 heteroatoms. The van der Waals surface area contributed by atoms with Crippen molar-refractivity contribution >= 4 is 16.0 Å². The summed E-state index contributed by atoms with van der Waals surface area (Å²) in [7, 11) is -2.63. The second kappa shape index (κ2) is 9.96. The lowest BCUT2D eigenvalue weighted by Gasteiger charge is -2.32. The summed E-state index contributed by atoms with van der Waals surface area (Å²) >= 11 is 0. The molecule has 0 saturated carbocycles. The lowest BCUT2D eigenvalue weighted by molar-refractivity contribution is -0.160. The predicted molar refractivity (Wildman–Crippen MR) is 117 cm³/mol. The van der Waals surface area contributed by atoms with E-state index in [-0.39, 0.29) is 23.8 Å². The molecule has 0 heterocycles. The van der Waals surface area contributed by atoms with E-state index < -0.39 is 27.5 Å². The van der Waals surface area contributed by atoms with Gasteiger partial charge in [0.25, 0.3) is 0 Å². The van der Waals surface area contributed by atoms with E-state index in [4.69, 9.17) is 15.9 Å². The van der Waals surface area contributed by atoms with Crippen LogP contribution in [0.1, 0.15) is 36.6 Å². The second-order valence-electron chi connectivity index (χ2n) is 7.59. The topological polar surface area (TPSA) is 102 Å². The number of aromatic hydroxyl groups is 1. The number of esters is 1. The summed E-state index contributed by atoms with van der Waals surface area (Å²) in [4.78, 5) is 12.1. The van der Waals surface area contributed by atoms with Crippen molar-refractivity contribution in [3.05, 3.63) is 59.2 Å². The van der Waals surface area contributed by atoms with Crippen LogP contribution in [0.3, 0.4) is 0 Å². The van der Waals surface area contributed by atoms with Crippen molar-refractivity contribution in [3.63, 3.8) is 0 Å². The van der Waals surface area contributed by atoms with E-state index in [0.29, 0.717) is 11.1 Å². The molecule has 0 aliphatic carbocycles. The van der Waals surface area contributed by atoms with Crippen LogP contribution in [0.15, 0.2) is 47.4 Å². The minimum absolute atomic E-state index is 0.00574. The van der Waals surface area contributed by atoms with Gasteiger partial charge in [-0.2, -0.15) is 0 Å². The maximum Gasteiger partial charge on any atom is 0.314 e. The number of ether oxygens (including phenoxy) is 2. The molecule has 0 spiro atoms. The minimum Gasteiger partial charge on any atom is -0.507 e. The Morgan fingerprint density at radius 1 is 1.26 bits per heavy atom. The Morgan fingerprint density at radius 3 is 2.55 bits per heavy atom. The third kappa shape index (κ3) is 5.64. The zero-order chi connectivity index (χ0) is 23.2. The van der Waals surface area contributed by atoms with Gasteiger partial charge in [0.1, 0.15) is 17.3 Å². The molecule has 2 aromatic carbocycles. The number of benzene rings is 2. The van der Waals surface area contributed by atoms with E-state index in [1.165, 1.54) is 25.3 Å². The molecule has 2 aromatic rings. The van der Waals surface area contributed by atoms with Crippen LogP contribution in [0.5, 0.6) is 5.75 Å². The van der Waals surface area contributed by atoms with Crippen molar-refractivity contribution < 1.29 is 27.8 Å². The van der Waals surface area contributed by atoms with Gasteiger partial charge in [-0.05, 0) is 49.6 Å². The molecule has 7 nitrogen and oxygen atoms in total. The van der Waals surface area contributed by atoms with Crippen LogP contribution in [0.4, 0.5) is 0 Å². The third-order valence-electron chi connectivity index (χ3n) is 4.98. The van der Waals surface area contributed by atoms with Gasteiger partial charge in [-0.3, -0.25) is 4.79 Å². The summed E-state index contributed by atoms with van der Waals surface area (Å²) in [5.41, 5.74) is 1.16. The highest BCUT2D eigenvalue weighted by atomic mass is 32.2. The Balaban J connectivity index is 2.36. The molecule has 0 amide bonds. The molecule has 0 aromatic heterocycles. The van der Waals surface area contributed by atoms with Gasteiger partial charge < -0.3 is 14.6 Å². The Labute approximate surface area is 183 Å². The van der Waals surface area contributed by atoms with E-state index >= 15 is 0 Å². The van der Waals surface area contributed by atoms with Crippen molar-refractivity contribution in [2.24, 2.45) is 5.41 Å². The number of nitrogens with one attached hydrogen (secondary N) is 1. The zero-order valence-corrected chi connectivity index (χ0v) is 18.8. The fraction of sp³-hybridized carbons (Fsp3) is 0.348. The summed E-state index contributed by atoms with van der Waals surface area (Å²) in [6.07, 6.45) is 4.63. The predicted octanol–water partition coefficient (Wildman–Crippen LogP) is 3.07. The maximum atomic E-state index is 12.6. The first kappa shape index (κ1) is 24.4. The normalized spacial score (nSPS) is 12.7. The molecule has 0 radical (unpaired) electrons. The van der Waals surface area contributed by atoms with E-state index in [1.807, 2.05) is 19.1 Å². The van der Waals surface area contributed by atoms with Crippen LogP contribution < -0.4 is 4.72 Å². The number of para-hydroxylation sites is 1. The van der Waals surface area contributed by atoms with Crippen LogP contribution in [-0.4, -0.2) is 33.2 Å². The summed E-state index contributed by atoms with van der Waals surface area (Å²) in [5.74, 6) is 1.61. The van der Waals surface area contributed by atoms with E-state index in [1.54, 1.807) is 26.0 Å². The molecule has 2 rings (SSSR count). The number of carbonyl (C=O) groups is 1. The number of sulfonamides is 1. The van der Waals surface area contributed by atoms with Gasteiger partial charge in [-0.15, -0.1) is 6.42 Å². The first-order chi connectivity index (χ1) is 14.5. The Morgan fingerprint density at radius 2 is 1.94 bits per heavy atom. The van der Waals surface area contributed by atoms with Crippen molar-refractivity contribution in [3.8, 4) is 18.1 Å². The number of carbonyl (C=O) groups excluding carboxylic acids is 1. The molecule has 2 N–H and O–H groups in total. The van der Waals surface area contributed by atoms with Crippen LogP contribution in [0.25, 0.3) is 0 Å². The number of terminal acetylenes is 1. The smallest absolute Gasteiger partial charge is 0.314 e. The summed E-state index contributed by atoms with van der Waals surface area (Å²) in [6.45, 7) is 5.21. The number of phenols is 1. The average molecular weight is 446 g/mol. The average Bonchev–Trinajstić information content (AvgIpc) is 2.73. The molecule has 0 aliphatic rings.